The number of hydrogen-bond donors (Lipinski definition) is 0. The Morgan fingerprint density at radius 3 is 2.56 bits per heavy atom. The lowest BCUT2D eigenvalue weighted by atomic mass is 9.78. The summed E-state index contributed by atoms with van der Waals surface area (Å²) in [5.74, 6) is -1.10. The first-order chi connectivity index (χ1) is 17.5. The summed E-state index contributed by atoms with van der Waals surface area (Å²) in [7, 11) is 3.26. The third-order valence-electron chi connectivity index (χ3n) is 8.82. The molecule has 4 saturated heterocycles. The van der Waals surface area contributed by atoms with E-state index in [-0.39, 0.29) is 5.78 Å². The Morgan fingerprint density at radius 1 is 1.03 bits per heavy atom. The van der Waals surface area contributed by atoms with Gasteiger partial charge in [0, 0.05) is 41.0 Å². The van der Waals surface area contributed by atoms with Gasteiger partial charge in [-0.2, -0.15) is 0 Å². The van der Waals surface area contributed by atoms with Gasteiger partial charge >= 0.3 is 0 Å². The van der Waals surface area contributed by atoms with Crippen LogP contribution in [0.2, 0.25) is 0 Å². The molecule has 36 heavy (non-hydrogen) atoms. The third-order valence-corrected chi connectivity index (χ3v) is 8.82. The van der Waals surface area contributed by atoms with Crippen molar-refractivity contribution in [3.8, 4) is 11.5 Å². The van der Waals surface area contributed by atoms with Gasteiger partial charge in [0.15, 0.2) is 11.9 Å². The molecule has 1 spiro atoms. The van der Waals surface area contributed by atoms with Crippen LogP contribution in [0.3, 0.4) is 0 Å². The molecule has 5 atom stereocenters. The molecule has 3 unspecified atom stereocenters. The van der Waals surface area contributed by atoms with Gasteiger partial charge in [0.1, 0.15) is 17.6 Å². The molecule has 5 heterocycles. The van der Waals surface area contributed by atoms with Crippen molar-refractivity contribution in [3.05, 3.63) is 34.4 Å². The van der Waals surface area contributed by atoms with Crippen LogP contribution in [0.1, 0.15) is 52.4 Å². The summed E-state index contributed by atoms with van der Waals surface area (Å²) in [6.45, 7) is 3.45. The molecule has 0 radical (unpaired) electrons. The summed E-state index contributed by atoms with van der Waals surface area (Å²) in [6.07, 6.45) is 1.14. The van der Waals surface area contributed by atoms with E-state index in [4.69, 9.17) is 37.9 Å². The first kappa shape index (κ1) is 21.8. The molecule has 0 saturated carbocycles. The summed E-state index contributed by atoms with van der Waals surface area (Å²) in [5, 5.41) is 1.70. The van der Waals surface area contributed by atoms with Crippen LogP contribution < -0.4 is 9.47 Å². The van der Waals surface area contributed by atoms with Gasteiger partial charge in [0.05, 0.1) is 26.9 Å². The van der Waals surface area contributed by atoms with Crippen LogP contribution in [0, 0.1) is 6.92 Å². The molecule has 2 aromatic carbocycles. The van der Waals surface area contributed by atoms with Crippen molar-refractivity contribution in [3.63, 3.8) is 0 Å². The molecule has 0 amide bonds. The molecular weight excluding hydrogens is 468 g/mol. The number of aryl methyl sites for hydroxylation is 1. The molecule has 4 fully saturated rings. The van der Waals surface area contributed by atoms with Gasteiger partial charge in [0.2, 0.25) is 11.9 Å². The van der Waals surface area contributed by atoms with Crippen LogP contribution in [0.25, 0.3) is 10.8 Å². The summed E-state index contributed by atoms with van der Waals surface area (Å²) < 4.78 is 50.4. The van der Waals surface area contributed by atoms with E-state index in [0.717, 1.165) is 52.5 Å². The Labute approximate surface area is 207 Å². The highest BCUT2D eigenvalue weighted by molar-refractivity contribution is 6.07. The maximum absolute atomic E-state index is 12.9. The van der Waals surface area contributed by atoms with Gasteiger partial charge in [-0.3, -0.25) is 4.79 Å². The SMILES string of the molecule is COc1c2c(cc3c4c(c(C)cc13)C1OC3(C5OCCCO5)OC1[C@@](OC)(O4)[C@@]31CO1)C(=O)CCC2. The maximum Gasteiger partial charge on any atom is 0.277 e. The lowest BCUT2D eigenvalue weighted by molar-refractivity contribution is -0.365. The van der Waals surface area contributed by atoms with Gasteiger partial charge in [-0.1, -0.05) is 0 Å². The third kappa shape index (κ3) is 2.28. The van der Waals surface area contributed by atoms with E-state index < -0.39 is 35.7 Å². The number of Topliss-reactive ketones (excluding diaryl/α,β-unsaturated/α-hetero) is 1. The largest absolute Gasteiger partial charge is 0.496 e. The van der Waals surface area contributed by atoms with Gasteiger partial charge in [-0.05, 0) is 43.9 Å². The van der Waals surface area contributed by atoms with Crippen LogP contribution >= 0.6 is 0 Å². The zero-order valence-electron chi connectivity index (χ0n) is 20.5. The number of fused-ring (bicyclic) bond motifs is 8. The fourth-order valence-electron chi connectivity index (χ4n) is 7.20. The van der Waals surface area contributed by atoms with Gasteiger partial charge in [-0.15, -0.1) is 0 Å². The number of hydrogen-bond acceptors (Lipinski definition) is 9. The van der Waals surface area contributed by atoms with E-state index in [9.17, 15) is 4.79 Å². The zero-order chi connectivity index (χ0) is 24.4. The molecule has 2 bridgehead atoms. The molecule has 9 nitrogen and oxygen atoms in total. The van der Waals surface area contributed by atoms with Crippen molar-refractivity contribution in [2.75, 3.05) is 34.0 Å². The predicted molar refractivity (Wildman–Crippen MR) is 123 cm³/mol. The number of epoxide rings is 1. The van der Waals surface area contributed by atoms with Crippen LogP contribution in [0.4, 0.5) is 0 Å². The second kappa shape index (κ2) is 6.98. The van der Waals surface area contributed by atoms with Gasteiger partial charge in [-0.25, -0.2) is 0 Å². The summed E-state index contributed by atoms with van der Waals surface area (Å²) >= 11 is 0. The van der Waals surface area contributed by atoms with Crippen LogP contribution in [-0.2, 0) is 34.8 Å². The fraction of sp³-hybridized carbons (Fsp3) is 0.593. The molecule has 0 N–H and O–H groups in total. The van der Waals surface area contributed by atoms with E-state index in [2.05, 4.69) is 6.07 Å². The number of ether oxygens (including phenoxy) is 8. The standard InChI is InChI=1S/C27H28O9/c1-13-10-16-17(11-15-14(20(16)29-2)6-4-7-18(15)28)21-19(13)22-23-26(30-3,34-21)25(12-33-25)27(35-22,36-23)24-31-8-5-9-32-24/h10-11,22-24H,4-9,12H2,1-3H3/t22?,23?,25-,26+,27?/m0/s1. The van der Waals surface area contributed by atoms with Crippen molar-refractivity contribution in [1.29, 1.82) is 0 Å². The number of carbonyl (C=O) groups is 1. The predicted octanol–water partition coefficient (Wildman–Crippen LogP) is 3.11. The molecule has 8 rings (SSSR count). The highest BCUT2D eigenvalue weighted by atomic mass is 16.9. The van der Waals surface area contributed by atoms with Crippen molar-refractivity contribution in [1.82, 2.24) is 0 Å². The fourth-order valence-corrected chi connectivity index (χ4v) is 7.20. The Balaban J connectivity index is 1.37. The molecule has 1 aliphatic carbocycles. The number of methoxy groups -OCH3 is 2. The smallest absolute Gasteiger partial charge is 0.277 e. The highest BCUT2D eigenvalue weighted by Crippen LogP contribution is 2.71. The molecular formula is C27H28O9. The second-order valence-corrected chi connectivity index (χ2v) is 10.5. The van der Waals surface area contributed by atoms with Crippen LogP contribution in [0.5, 0.6) is 11.5 Å². The average molecular weight is 497 g/mol. The number of benzene rings is 2. The van der Waals surface area contributed by atoms with E-state index >= 15 is 0 Å². The lowest BCUT2D eigenvalue weighted by Gasteiger charge is -2.49. The molecule has 5 aliphatic heterocycles. The molecule has 190 valence electrons. The van der Waals surface area contributed by atoms with Crippen LogP contribution in [-0.4, -0.2) is 69.4 Å². The minimum atomic E-state index is -1.30. The van der Waals surface area contributed by atoms with E-state index in [1.807, 2.05) is 13.0 Å². The van der Waals surface area contributed by atoms with Gasteiger partial charge < -0.3 is 37.9 Å². The summed E-state index contributed by atoms with van der Waals surface area (Å²) in [5.41, 5.74) is 2.47. The summed E-state index contributed by atoms with van der Waals surface area (Å²) in [6, 6.07) is 4.04. The normalized spacial score (nSPS) is 38.2. The second-order valence-electron chi connectivity index (χ2n) is 10.5. The van der Waals surface area contributed by atoms with Crippen molar-refractivity contribution in [2.45, 2.75) is 68.3 Å². The first-order valence-corrected chi connectivity index (χ1v) is 12.7. The monoisotopic (exact) mass is 496 g/mol. The topological polar surface area (TPSA) is 94.2 Å². The van der Waals surface area contributed by atoms with E-state index in [1.165, 1.54) is 0 Å². The molecule has 2 aromatic rings. The maximum atomic E-state index is 12.9. The van der Waals surface area contributed by atoms with Crippen molar-refractivity contribution in [2.24, 2.45) is 0 Å². The van der Waals surface area contributed by atoms with Gasteiger partial charge in [0.25, 0.3) is 11.6 Å². The minimum Gasteiger partial charge on any atom is -0.496 e. The number of ketones is 1. The van der Waals surface area contributed by atoms with Crippen LogP contribution in [0.15, 0.2) is 12.1 Å². The Kier molecular flexibility index (Phi) is 4.22. The van der Waals surface area contributed by atoms with Crippen molar-refractivity contribution < 1.29 is 42.7 Å². The summed E-state index contributed by atoms with van der Waals surface area (Å²) in [4.78, 5) is 12.9. The Morgan fingerprint density at radius 2 is 1.83 bits per heavy atom. The highest BCUT2D eigenvalue weighted by Gasteiger charge is 2.93. The Bertz CT molecular complexity index is 1330. The minimum absolute atomic E-state index is 0.123. The average Bonchev–Trinajstić information content (AvgIpc) is 3.55. The molecule has 6 aliphatic rings. The van der Waals surface area contributed by atoms with Crippen molar-refractivity contribution >= 4 is 16.6 Å². The quantitative estimate of drug-likeness (QED) is 0.594. The number of carbonyl (C=O) groups excluding carboxylic acids is 1. The Hall–Kier alpha value is -2.27. The van der Waals surface area contributed by atoms with E-state index in [0.29, 0.717) is 37.6 Å². The van der Waals surface area contributed by atoms with E-state index in [1.54, 1.807) is 14.2 Å². The lowest BCUT2D eigenvalue weighted by Crippen LogP contribution is -2.70. The first-order valence-electron chi connectivity index (χ1n) is 12.7. The molecule has 0 aromatic heterocycles. The number of rotatable bonds is 3. The molecule has 9 heteroatoms. The zero-order valence-corrected chi connectivity index (χ0v) is 20.5.